The second-order valence-electron chi connectivity index (χ2n) is 10.1. The number of alkyl halides is 3. The largest absolute Gasteiger partial charge is 0.504 e. The first-order chi connectivity index (χ1) is 17.7. The number of aromatic hydroxyl groups is 2. The summed E-state index contributed by atoms with van der Waals surface area (Å²) in [5.41, 5.74) is 2.16. The van der Waals surface area contributed by atoms with Gasteiger partial charge in [0.25, 0.3) is 0 Å². The number of carbonyl (C=O) groups is 1. The number of benzene rings is 3. The van der Waals surface area contributed by atoms with E-state index in [9.17, 15) is 32.6 Å². The van der Waals surface area contributed by atoms with Gasteiger partial charge in [-0.1, -0.05) is 49.2 Å². The number of cyclic esters (lactones) is 1. The van der Waals surface area contributed by atoms with E-state index in [1.807, 2.05) is 6.92 Å². The summed E-state index contributed by atoms with van der Waals surface area (Å²) in [4.78, 5) is 14.3. The van der Waals surface area contributed by atoms with Crippen molar-refractivity contribution in [3.63, 3.8) is 0 Å². The van der Waals surface area contributed by atoms with Gasteiger partial charge in [0.1, 0.15) is 6.10 Å². The molecule has 4 rings (SSSR count). The number of halogens is 4. The molecule has 202 valence electrons. The number of aryl methyl sites for hydroxylation is 2. The molecule has 1 saturated heterocycles. The average Bonchev–Trinajstić information content (AvgIpc) is 3.10. The number of nitrogens with zero attached hydrogens (tertiary/aromatic N) is 1. The van der Waals surface area contributed by atoms with E-state index >= 15 is 0 Å². The van der Waals surface area contributed by atoms with Crippen molar-refractivity contribution in [3.05, 3.63) is 81.7 Å². The van der Waals surface area contributed by atoms with E-state index in [1.165, 1.54) is 11.0 Å². The van der Waals surface area contributed by atoms with Crippen molar-refractivity contribution in [1.29, 1.82) is 0 Å². The molecule has 1 fully saturated rings. The normalized spacial score (nSPS) is 17.8. The SMILES string of the molecule is Cc1cc([C@H]2OC(=O)N(Cc3cc(C)ccc3-c3cc(C(C)C)c(F)c(O)c3O)[C@H]2C)cc(C(F)(F)F)c1. The van der Waals surface area contributed by atoms with Crippen LogP contribution in [0.4, 0.5) is 22.4 Å². The van der Waals surface area contributed by atoms with Crippen LogP contribution in [-0.2, 0) is 17.5 Å². The molecule has 0 aliphatic carbocycles. The molecule has 5 nitrogen and oxygen atoms in total. The maximum Gasteiger partial charge on any atom is 0.416 e. The second kappa shape index (κ2) is 9.85. The Kier molecular flexibility index (Phi) is 7.07. The number of phenolic OH excluding ortho intramolecular Hbond substituents is 2. The molecule has 3 aromatic rings. The van der Waals surface area contributed by atoms with Gasteiger partial charge in [-0.05, 0) is 67.1 Å². The zero-order chi connectivity index (χ0) is 28.1. The molecule has 0 radical (unpaired) electrons. The van der Waals surface area contributed by atoms with Crippen LogP contribution in [-0.4, -0.2) is 27.2 Å². The molecular formula is C29H29F4NO4. The van der Waals surface area contributed by atoms with Crippen molar-refractivity contribution >= 4 is 6.09 Å². The highest BCUT2D eigenvalue weighted by molar-refractivity contribution is 5.78. The summed E-state index contributed by atoms with van der Waals surface area (Å²) in [6.45, 7) is 8.61. The first-order valence-electron chi connectivity index (χ1n) is 12.2. The van der Waals surface area contributed by atoms with Crippen LogP contribution in [0.3, 0.4) is 0 Å². The molecule has 0 spiro atoms. The molecule has 2 atom stereocenters. The number of hydrogen-bond acceptors (Lipinski definition) is 4. The molecule has 3 aromatic carbocycles. The van der Waals surface area contributed by atoms with Crippen LogP contribution in [0.5, 0.6) is 11.5 Å². The van der Waals surface area contributed by atoms with Gasteiger partial charge >= 0.3 is 12.3 Å². The summed E-state index contributed by atoms with van der Waals surface area (Å²) < 4.78 is 60.3. The van der Waals surface area contributed by atoms with Crippen molar-refractivity contribution < 1.29 is 37.3 Å². The van der Waals surface area contributed by atoms with Gasteiger partial charge in [-0.3, -0.25) is 4.90 Å². The molecule has 0 saturated carbocycles. The van der Waals surface area contributed by atoms with Crippen LogP contribution in [0.25, 0.3) is 11.1 Å². The minimum Gasteiger partial charge on any atom is -0.504 e. The molecule has 0 bridgehead atoms. The van der Waals surface area contributed by atoms with Crippen LogP contribution < -0.4 is 0 Å². The fourth-order valence-corrected chi connectivity index (χ4v) is 4.88. The Morgan fingerprint density at radius 1 is 0.974 bits per heavy atom. The number of hydrogen-bond donors (Lipinski definition) is 2. The molecule has 0 aromatic heterocycles. The molecule has 1 aliphatic heterocycles. The number of rotatable bonds is 5. The quantitative estimate of drug-likeness (QED) is 0.261. The Hall–Kier alpha value is -3.75. The van der Waals surface area contributed by atoms with E-state index in [4.69, 9.17) is 4.74 Å². The molecule has 1 heterocycles. The smallest absolute Gasteiger partial charge is 0.416 e. The minimum atomic E-state index is -4.54. The number of phenols is 2. The summed E-state index contributed by atoms with van der Waals surface area (Å²) in [6.07, 6.45) is -6.16. The summed E-state index contributed by atoms with van der Waals surface area (Å²) in [5.74, 6) is -2.65. The molecule has 1 aliphatic rings. The number of ether oxygens (including phenoxy) is 1. The highest BCUT2D eigenvalue weighted by Crippen LogP contribution is 2.44. The van der Waals surface area contributed by atoms with Crippen molar-refractivity contribution in [2.75, 3.05) is 0 Å². The molecule has 9 heteroatoms. The lowest BCUT2D eigenvalue weighted by Gasteiger charge is -2.24. The second-order valence-corrected chi connectivity index (χ2v) is 10.1. The first-order valence-corrected chi connectivity index (χ1v) is 12.2. The number of amides is 1. The van der Waals surface area contributed by atoms with Crippen LogP contribution in [0.2, 0.25) is 0 Å². The van der Waals surface area contributed by atoms with Gasteiger partial charge in [0.05, 0.1) is 18.2 Å². The number of carbonyl (C=O) groups excluding carboxylic acids is 1. The van der Waals surface area contributed by atoms with Gasteiger partial charge in [0, 0.05) is 5.56 Å². The Labute approximate surface area is 218 Å². The van der Waals surface area contributed by atoms with Gasteiger partial charge in [-0.2, -0.15) is 13.2 Å². The van der Waals surface area contributed by atoms with Crippen molar-refractivity contribution in [2.45, 2.75) is 65.4 Å². The first kappa shape index (κ1) is 27.3. The molecule has 38 heavy (non-hydrogen) atoms. The van der Waals surface area contributed by atoms with Gasteiger partial charge in [-0.15, -0.1) is 0 Å². The van der Waals surface area contributed by atoms with Gasteiger partial charge < -0.3 is 14.9 Å². The van der Waals surface area contributed by atoms with Crippen LogP contribution in [0.15, 0.2) is 42.5 Å². The monoisotopic (exact) mass is 531 g/mol. The lowest BCUT2D eigenvalue weighted by molar-refractivity contribution is -0.137. The maximum atomic E-state index is 14.6. The molecule has 2 N–H and O–H groups in total. The minimum absolute atomic E-state index is 0.0139. The molecular weight excluding hydrogens is 502 g/mol. The third-order valence-electron chi connectivity index (χ3n) is 6.90. The summed E-state index contributed by atoms with van der Waals surface area (Å²) in [5, 5.41) is 20.9. The topological polar surface area (TPSA) is 70.0 Å². The fraction of sp³-hybridized carbons (Fsp3) is 0.345. The van der Waals surface area contributed by atoms with Crippen molar-refractivity contribution in [3.8, 4) is 22.6 Å². The van der Waals surface area contributed by atoms with Crippen LogP contribution >= 0.6 is 0 Å². The van der Waals surface area contributed by atoms with E-state index < -0.39 is 47.3 Å². The Morgan fingerprint density at radius 2 is 1.66 bits per heavy atom. The summed E-state index contributed by atoms with van der Waals surface area (Å²) in [6, 6.07) is 9.76. The van der Waals surface area contributed by atoms with E-state index in [1.54, 1.807) is 52.0 Å². The zero-order valence-corrected chi connectivity index (χ0v) is 21.7. The Bertz CT molecular complexity index is 1400. The van der Waals surface area contributed by atoms with Crippen LogP contribution in [0.1, 0.15) is 66.2 Å². The average molecular weight is 532 g/mol. The highest BCUT2D eigenvalue weighted by Gasteiger charge is 2.41. The van der Waals surface area contributed by atoms with Crippen molar-refractivity contribution in [2.24, 2.45) is 0 Å². The predicted molar refractivity (Wildman–Crippen MR) is 134 cm³/mol. The van der Waals surface area contributed by atoms with E-state index in [0.717, 1.165) is 17.7 Å². The molecule has 0 unspecified atom stereocenters. The zero-order valence-electron chi connectivity index (χ0n) is 21.7. The van der Waals surface area contributed by atoms with E-state index in [0.29, 0.717) is 16.7 Å². The van der Waals surface area contributed by atoms with Gasteiger partial charge in [0.15, 0.2) is 17.3 Å². The standard InChI is InChI=1S/C29H29F4NO4/c1-14(2)22-12-23(25(35)26(36)24(22)30)21-7-6-15(3)8-19(21)13-34-17(5)27(38-28(34)37)18-9-16(4)10-20(11-18)29(31,32)33/h6-12,14,17,27,35-36H,13H2,1-5H3/t17-,27-/m0/s1. The van der Waals surface area contributed by atoms with E-state index in [-0.39, 0.29) is 29.2 Å². The maximum absolute atomic E-state index is 14.6. The predicted octanol–water partition coefficient (Wildman–Crippen LogP) is 7.74. The third-order valence-corrected chi connectivity index (χ3v) is 6.90. The van der Waals surface area contributed by atoms with Crippen LogP contribution in [0, 0.1) is 19.7 Å². The lowest BCUT2D eigenvalue weighted by atomic mass is 9.91. The van der Waals surface area contributed by atoms with Gasteiger partial charge in [-0.25, -0.2) is 9.18 Å². The van der Waals surface area contributed by atoms with Crippen molar-refractivity contribution in [1.82, 2.24) is 4.90 Å². The van der Waals surface area contributed by atoms with Gasteiger partial charge in [0.2, 0.25) is 0 Å². The Morgan fingerprint density at radius 3 is 2.29 bits per heavy atom. The fourth-order valence-electron chi connectivity index (χ4n) is 4.88. The highest BCUT2D eigenvalue weighted by atomic mass is 19.4. The molecule has 1 amide bonds. The summed E-state index contributed by atoms with van der Waals surface area (Å²) in [7, 11) is 0. The lowest BCUT2D eigenvalue weighted by Crippen LogP contribution is -2.31. The Balaban J connectivity index is 1.73. The third kappa shape index (κ3) is 5.01. The summed E-state index contributed by atoms with van der Waals surface area (Å²) >= 11 is 0. The van der Waals surface area contributed by atoms with E-state index in [2.05, 4.69) is 0 Å².